The lowest BCUT2D eigenvalue weighted by molar-refractivity contribution is 0.463. The molecule has 2 aromatic rings. The van der Waals surface area contributed by atoms with E-state index in [1.54, 1.807) is 6.07 Å². The van der Waals surface area contributed by atoms with Crippen LogP contribution in [0.4, 0.5) is 4.39 Å². The second kappa shape index (κ2) is 6.04. The van der Waals surface area contributed by atoms with E-state index in [4.69, 9.17) is 11.6 Å². The zero-order valence-electron chi connectivity index (χ0n) is 10.5. The lowest BCUT2D eigenvalue weighted by atomic mass is 10.1. The average Bonchev–Trinajstić information content (AvgIpc) is 2.36. The average molecular weight is 280 g/mol. The number of halogens is 2. The van der Waals surface area contributed by atoms with E-state index in [-0.39, 0.29) is 11.8 Å². The van der Waals surface area contributed by atoms with Crippen LogP contribution in [0.1, 0.15) is 24.1 Å². The molecule has 2 nitrogen and oxygen atoms in total. The Morgan fingerprint density at radius 3 is 2.74 bits per heavy atom. The lowest BCUT2D eigenvalue weighted by Crippen LogP contribution is -2.19. The van der Waals surface area contributed by atoms with Gasteiger partial charge in [-0.3, -0.25) is 0 Å². The fourth-order valence-corrected chi connectivity index (χ4v) is 2.11. The van der Waals surface area contributed by atoms with Crippen LogP contribution < -0.4 is 5.32 Å². The van der Waals surface area contributed by atoms with Gasteiger partial charge in [-0.2, -0.15) is 0 Å². The minimum absolute atomic E-state index is 0.0664. The zero-order chi connectivity index (χ0) is 13.8. The van der Waals surface area contributed by atoms with E-state index in [0.29, 0.717) is 17.1 Å². The molecule has 0 radical (unpaired) electrons. The summed E-state index contributed by atoms with van der Waals surface area (Å²) in [5.41, 5.74) is 1.57. The number of rotatable bonds is 4. The first-order valence-corrected chi connectivity index (χ1v) is 6.40. The van der Waals surface area contributed by atoms with Gasteiger partial charge in [0.05, 0.1) is 0 Å². The second-order valence-corrected chi connectivity index (χ2v) is 4.87. The molecule has 2 N–H and O–H groups in total. The highest BCUT2D eigenvalue weighted by Gasteiger charge is 2.10. The van der Waals surface area contributed by atoms with Gasteiger partial charge >= 0.3 is 0 Å². The molecule has 2 rings (SSSR count). The number of nitrogens with one attached hydrogen (secondary N) is 1. The largest absolute Gasteiger partial charge is 0.508 e. The van der Waals surface area contributed by atoms with Gasteiger partial charge in [-0.1, -0.05) is 29.8 Å². The van der Waals surface area contributed by atoms with Crippen LogP contribution in [0.15, 0.2) is 42.5 Å². The third-order valence-electron chi connectivity index (χ3n) is 2.95. The van der Waals surface area contributed by atoms with Gasteiger partial charge in [-0.05, 0) is 30.7 Å². The Morgan fingerprint density at radius 1 is 1.26 bits per heavy atom. The summed E-state index contributed by atoms with van der Waals surface area (Å²) in [4.78, 5) is 0. The SMILES string of the molecule is CC(NCc1cccc(Cl)c1)c1ccc(O)cc1F. The van der Waals surface area contributed by atoms with Crippen molar-refractivity contribution < 1.29 is 9.50 Å². The molecule has 0 saturated carbocycles. The highest BCUT2D eigenvalue weighted by atomic mass is 35.5. The van der Waals surface area contributed by atoms with Crippen LogP contribution in [-0.4, -0.2) is 5.11 Å². The van der Waals surface area contributed by atoms with Crippen molar-refractivity contribution in [3.63, 3.8) is 0 Å². The molecular formula is C15H15ClFNO. The Morgan fingerprint density at radius 2 is 2.05 bits per heavy atom. The summed E-state index contributed by atoms with van der Waals surface area (Å²) in [7, 11) is 0. The fraction of sp³-hybridized carbons (Fsp3) is 0.200. The van der Waals surface area contributed by atoms with E-state index >= 15 is 0 Å². The maximum absolute atomic E-state index is 13.7. The molecule has 0 fully saturated rings. The molecule has 4 heteroatoms. The van der Waals surface area contributed by atoms with Gasteiger partial charge in [-0.15, -0.1) is 0 Å². The molecule has 0 aromatic heterocycles. The Balaban J connectivity index is 2.03. The fourth-order valence-electron chi connectivity index (χ4n) is 1.90. The first-order valence-electron chi connectivity index (χ1n) is 6.02. The third-order valence-corrected chi connectivity index (χ3v) is 3.19. The molecule has 0 aliphatic carbocycles. The van der Waals surface area contributed by atoms with Crippen molar-refractivity contribution in [3.8, 4) is 5.75 Å². The first kappa shape index (κ1) is 13.8. The van der Waals surface area contributed by atoms with E-state index in [2.05, 4.69) is 5.32 Å². The number of benzene rings is 2. The highest BCUT2D eigenvalue weighted by Crippen LogP contribution is 2.21. The van der Waals surface area contributed by atoms with Crippen LogP contribution in [0.3, 0.4) is 0 Å². The van der Waals surface area contributed by atoms with Gasteiger partial charge in [-0.25, -0.2) is 4.39 Å². The molecule has 1 atom stereocenters. The summed E-state index contributed by atoms with van der Waals surface area (Å²) in [5, 5.41) is 13.1. The van der Waals surface area contributed by atoms with Gasteiger partial charge in [0.25, 0.3) is 0 Å². The van der Waals surface area contributed by atoms with Crippen molar-refractivity contribution in [1.29, 1.82) is 0 Å². The van der Waals surface area contributed by atoms with E-state index < -0.39 is 5.82 Å². The van der Waals surface area contributed by atoms with Gasteiger partial charge in [0.15, 0.2) is 0 Å². The number of phenolic OH excluding ortho intramolecular Hbond substituents is 1. The van der Waals surface area contributed by atoms with E-state index in [9.17, 15) is 9.50 Å². The molecule has 0 saturated heterocycles. The van der Waals surface area contributed by atoms with E-state index in [1.807, 2.05) is 31.2 Å². The van der Waals surface area contributed by atoms with Gasteiger partial charge < -0.3 is 10.4 Å². The van der Waals surface area contributed by atoms with Crippen LogP contribution in [0, 0.1) is 5.82 Å². The Kier molecular flexibility index (Phi) is 4.40. The van der Waals surface area contributed by atoms with Gasteiger partial charge in [0, 0.05) is 29.2 Å². The topological polar surface area (TPSA) is 32.3 Å². The number of aromatic hydroxyl groups is 1. The Labute approximate surface area is 116 Å². The molecule has 100 valence electrons. The molecule has 0 heterocycles. The first-order chi connectivity index (χ1) is 9.06. The minimum atomic E-state index is -0.411. The lowest BCUT2D eigenvalue weighted by Gasteiger charge is -2.15. The normalized spacial score (nSPS) is 12.4. The number of hydrogen-bond acceptors (Lipinski definition) is 2. The quantitative estimate of drug-likeness (QED) is 0.885. The monoisotopic (exact) mass is 279 g/mol. The van der Waals surface area contributed by atoms with Crippen molar-refractivity contribution in [2.75, 3.05) is 0 Å². The molecule has 2 aromatic carbocycles. The predicted octanol–water partition coefficient (Wildman–Crippen LogP) is 4.04. The van der Waals surface area contributed by atoms with Crippen LogP contribution in [0.25, 0.3) is 0 Å². The summed E-state index contributed by atoms with van der Waals surface area (Å²) in [6, 6.07) is 11.6. The van der Waals surface area contributed by atoms with Crippen LogP contribution >= 0.6 is 11.6 Å². The highest BCUT2D eigenvalue weighted by molar-refractivity contribution is 6.30. The molecule has 0 amide bonds. The van der Waals surface area contributed by atoms with Crippen LogP contribution in [-0.2, 0) is 6.54 Å². The summed E-state index contributed by atoms with van der Waals surface area (Å²) in [6.45, 7) is 2.47. The van der Waals surface area contributed by atoms with Crippen molar-refractivity contribution in [2.24, 2.45) is 0 Å². The van der Waals surface area contributed by atoms with Crippen molar-refractivity contribution in [1.82, 2.24) is 5.32 Å². The minimum Gasteiger partial charge on any atom is -0.508 e. The molecular weight excluding hydrogens is 265 g/mol. The zero-order valence-corrected chi connectivity index (χ0v) is 11.3. The summed E-state index contributed by atoms with van der Waals surface area (Å²) in [6.07, 6.45) is 0. The third kappa shape index (κ3) is 3.69. The maximum atomic E-state index is 13.7. The molecule has 0 spiro atoms. The van der Waals surface area contributed by atoms with Crippen LogP contribution in [0.5, 0.6) is 5.75 Å². The maximum Gasteiger partial charge on any atom is 0.131 e. The van der Waals surface area contributed by atoms with Crippen molar-refractivity contribution in [3.05, 3.63) is 64.4 Å². The standard InChI is InChI=1S/C15H15ClFNO/c1-10(14-6-5-13(19)8-15(14)17)18-9-11-3-2-4-12(16)7-11/h2-8,10,18-19H,9H2,1H3. The van der Waals surface area contributed by atoms with Crippen molar-refractivity contribution in [2.45, 2.75) is 19.5 Å². The molecule has 1 unspecified atom stereocenters. The number of phenols is 1. The molecule has 19 heavy (non-hydrogen) atoms. The Bertz CT molecular complexity index is 574. The smallest absolute Gasteiger partial charge is 0.131 e. The number of hydrogen-bond donors (Lipinski definition) is 2. The summed E-state index contributed by atoms with van der Waals surface area (Å²) < 4.78 is 13.7. The summed E-state index contributed by atoms with van der Waals surface area (Å²) >= 11 is 5.90. The van der Waals surface area contributed by atoms with Gasteiger partial charge in [0.2, 0.25) is 0 Å². The van der Waals surface area contributed by atoms with E-state index in [0.717, 1.165) is 11.6 Å². The predicted molar refractivity (Wildman–Crippen MR) is 74.8 cm³/mol. The van der Waals surface area contributed by atoms with E-state index in [1.165, 1.54) is 6.07 Å². The molecule has 0 bridgehead atoms. The Hall–Kier alpha value is -1.58. The second-order valence-electron chi connectivity index (χ2n) is 4.44. The molecule has 0 aliphatic rings. The van der Waals surface area contributed by atoms with Crippen LogP contribution in [0.2, 0.25) is 5.02 Å². The van der Waals surface area contributed by atoms with Gasteiger partial charge in [0.1, 0.15) is 11.6 Å². The van der Waals surface area contributed by atoms with Crippen molar-refractivity contribution >= 4 is 11.6 Å². The molecule has 0 aliphatic heterocycles. The summed E-state index contributed by atoms with van der Waals surface area (Å²) in [5.74, 6) is -0.477.